The molecule has 0 saturated carbocycles. The van der Waals surface area contributed by atoms with Crippen molar-refractivity contribution in [3.8, 4) is 0 Å². The molecule has 0 aromatic rings. The van der Waals surface area contributed by atoms with E-state index < -0.39 is 61.5 Å². The molecule has 0 aliphatic carbocycles. The molecule has 1 rings (SSSR count). The minimum atomic E-state index is -1.61. The monoisotopic (exact) mass is 705 g/mol. The van der Waals surface area contributed by atoms with Gasteiger partial charge in [0.2, 0.25) is 0 Å². The fourth-order valence-corrected chi connectivity index (χ4v) is 6.10. The highest BCUT2D eigenvalue weighted by Crippen LogP contribution is 2.23. The van der Waals surface area contributed by atoms with Gasteiger partial charge >= 0.3 is 11.9 Å². The Balaban J connectivity index is 2.44. The summed E-state index contributed by atoms with van der Waals surface area (Å²) in [5.41, 5.74) is 0. The van der Waals surface area contributed by atoms with Crippen LogP contribution in [0.2, 0.25) is 0 Å². The molecule has 1 heterocycles. The van der Waals surface area contributed by atoms with Crippen LogP contribution in [0.15, 0.2) is 0 Å². The van der Waals surface area contributed by atoms with Crippen molar-refractivity contribution in [2.75, 3.05) is 19.8 Å². The quantitative estimate of drug-likeness (QED) is 0.0410. The van der Waals surface area contributed by atoms with Crippen LogP contribution in [0, 0.1) is 0 Å². The average molecular weight is 705 g/mol. The predicted molar refractivity (Wildman–Crippen MR) is 189 cm³/mol. The fourth-order valence-electron chi connectivity index (χ4n) is 6.10. The number of carbonyl (C=O) groups excluding carboxylic acids is 2. The van der Waals surface area contributed by atoms with Gasteiger partial charge < -0.3 is 44.5 Å². The summed E-state index contributed by atoms with van der Waals surface area (Å²) in [5, 5.41) is 50.2. The van der Waals surface area contributed by atoms with E-state index in [-0.39, 0.29) is 26.1 Å². The van der Waals surface area contributed by atoms with E-state index in [2.05, 4.69) is 13.8 Å². The molecule has 11 nitrogen and oxygen atoms in total. The van der Waals surface area contributed by atoms with E-state index in [1.54, 1.807) is 0 Å². The third-order valence-corrected chi connectivity index (χ3v) is 9.32. The van der Waals surface area contributed by atoms with Gasteiger partial charge in [-0.1, -0.05) is 129 Å². The van der Waals surface area contributed by atoms with E-state index in [4.69, 9.17) is 18.9 Å². The number of ether oxygens (including phenoxy) is 4. The first-order valence-electron chi connectivity index (χ1n) is 19.7. The summed E-state index contributed by atoms with van der Waals surface area (Å²) < 4.78 is 21.9. The van der Waals surface area contributed by atoms with Gasteiger partial charge in [0.1, 0.15) is 31.0 Å². The molecule has 0 spiro atoms. The van der Waals surface area contributed by atoms with E-state index in [9.17, 15) is 35.1 Å². The standard InChI is InChI=1S/C38H72O11/c1-3-5-7-9-11-13-15-17-19-21-25-33(41)46-28-31(29-47-38-37(45)36(44)35(43)32(27-39)49-38)48-34(42)26-22-24-30(40)23-20-18-16-14-12-10-8-6-4-2/h30-32,35-40,43-45H,3-29H2,1-2H3/t30-,31-,32+,35+,36+,37+,38-/m1/s1. The number of aliphatic hydroxyl groups excluding tert-OH is 5. The van der Waals surface area contributed by atoms with Gasteiger partial charge in [-0.05, 0) is 25.7 Å². The third kappa shape index (κ3) is 23.0. The second-order valence-electron chi connectivity index (χ2n) is 13.9. The second kappa shape index (κ2) is 30.3. The Morgan fingerprint density at radius 3 is 1.65 bits per heavy atom. The number of rotatable bonds is 32. The first-order chi connectivity index (χ1) is 23.7. The molecule has 49 heavy (non-hydrogen) atoms. The van der Waals surface area contributed by atoms with Crippen LogP contribution >= 0.6 is 0 Å². The summed E-state index contributed by atoms with van der Waals surface area (Å²) in [7, 11) is 0. The van der Waals surface area contributed by atoms with Crippen molar-refractivity contribution in [2.24, 2.45) is 0 Å². The number of carbonyl (C=O) groups is 2. The van der Waals surface area contributed by atoms with Crippen LogP contribution in [0.1, 0.15) is 168 Å². The van der Waals surface area contributed by atoms with Crippen LogP contribution in [0.25, 0.3) is 0 Å². The van der Waals surface area contributed by atoms with Crippen LogP contribution in [0.3, 0.4) is 0 Å². The number of hydrogen-bond donors (Lipinski definition) is 5. The Labute approximate surface area is 296 Å². The molecule has 11 heteroatoms. The molecule has 7 atom stereocenters. The Hall–Kier alpha value is -1.34. The Morgan fingerprint density at radius 1 is 0.612 bits per heavy atom. The largest absolute Gasteiger partial charge is 0.462 e. The molecule has 0 unspecified atom stereocenters. The molecule has 5 N–H and O–H groups in total. The Morgan fingerprint density at radius 2 is 1.10 bits per heavy atom. The molecular weight excluding hydrogens is 632 g/mol. The number of hydrogen-bond acceptors (Lipinski definition) is 11. The molecule has 1 saturated heterocycles. The lowest BCUT2D eigenvalue weighted by Crippen LogP contribution is -2.59. The third-order valence-electron chi connectivity index (χ3n) is 9.32. The SMILES string of the molecule is CCCCCCCCCCCCC(=O)OC[C@H](CO[C@@H]1O[C@@H](CO)[C@H](O)[C@H](O)[C@@H]1O)OC(=O)CCC[C@H](O)CCCCCCCCCCC. The van der Waals surface area contributed by atoms with Crippen LogP contribution < -0.4 is 0 Å². The van der Waals surface area contributed by atoms with E-state index in [1.807, 2.05) is 0 Å². The van der Waals surface area contributed by atoms with Gasteiger partial charge in [-0.25, -0.2) is 0 Å². The molecule has 0 aromatic carbocycles. The molecule has 1 aliphatic heterocycles. The van der Waals surface area contributed by atoms with Crippen molar-refractivity contribution < 1.29 is 54.1 Å². The summed E-state index contributed by atoms with van der Waals surface area (Å²) in [4.78, 5) is 25.1. The molecule has 0 aromatic heterocycles. The molecule has 0 radical (unpaired) electrons. The maximum absolute atomic E-state index is 12.7. The first kappa shape index (κ1) is 45.7. The van der Waals surface area contributed by atoms with Crippen LogP contribution in [-0.4, -0.2) is 100 Å². The van der Waals surface area contributed by atoms with Gasteiger partial charge in [0.05, 0.1) is 19.3 Å². The van der Waals surface area contributed by atoms with Crippen molar-refractivity contribution in [1.82, 2.24) is 0 Å². The van der Waals surface area contributed by atoms with Crippen molar-refractivity contribution in [2.45, 2.75) is 211 Å². The number of unbranched alkanes of at least 4 members (excludes halogenated alkanes) is 17. The summed E-state index contributed by atoms with van der Waals surface area (Å²) in [6.45, 7) is 3.24. The average Bonchev–Trinajstić information content (AvgIpc) is 3.09. The maximum Gasteiger partial charge on any atom is 0.306 e. The van der Waals surface area contributed by atoms with Crippen LogP contribution in [0.5, 0.6) is 0 Å². The number of aliphatic hydroxyl groups is 5. The summed E-state index contributed by atoms with van der Waals surface area (Å²) in [6.07, 6.45) is 15.6. The van der Waals surface area contributed by atoms with E-state index in [0.717, 1.165) is 32.1 Å². The molecular formula is C38H72O11. The van der Waals surface area contributed by atoms with Gasteiger partial charge in [0.15, 0.2) is 12.4 Å². The summed E-state index contributed by atoms with van der Waals surface area (Å²) >= 11 is 0. The van der Waals surface area contributed by atoms with Crippen molar-refractivity contribution in [3.63, 3.8) is 0 Å². The molecule has 290 valence electrons. The topological polar surface area (TPSA) is 172 Å². The zero-order valence-electron chi connectivity index (χ0n) is 30.8. The van der Waals surface area contributed by atoms with Gasteiger partial charge in [-0.2, -0.15) is 0 Å². The predicted octanol–water partition coefficient (Wildman–Crippen LogP) is 6.02. The Bertz CT molecular complexity index is 796. The number of esters is 2. The lowest BCUT2D eigenvalue weighted by atomic mass is 9.99. The zero-order chi connectivity index (χ0) is 36.1. The van der Waals surface area contributed by atoms with Gasteiger partial charge in [-0.3, -0.25) is 9.59 Å². The lowest BCUT2D eigenvalue weighted by molar-refractivity contribution is -0.305. The minimum Gasteiger partial charge on any atom is -0.462 e. The zero-order valence-corrected chi connectivity index (χ0v) is 30.8. The second-order valence-corrected chi connectivity index (χ2v) is 13.9. The molecule has 1 fully saturated rings. The van der Waals surface area contributed by atoms with Crippen LogP contribution in [-0.2, 0) is 28.5 Å². The minimum absolute atomic E-state index is 0.0674. The molecule has 0 bridgehead atoms. The van der Waals surface area contributed by atoms with Gasteiger partial charge in [-0.15, -0.1) is 0 Å². The van der Waals surface area contributed by atoms with E-state index in [0.29, 0.717) is 25.7 Å². The Kier molecular flexibility index (Phi) is 28.2. The lowest BCUT2D eigenvalue weighted by Gasteiger charge is -2.39. The van der Waals surface area contributed by atoms with Gasteiger partial charge in [0.25, 0.3) is 0 Å². The van der Waals surface area contributed by atoms with Crippen molar-refractivity contribution in [1.29, 1.82) is 0 Å². The van der Waals surface area contributed by atoms with E-state index in [1.165, 1.54) is 83.5 Å². The highest BCUT2D eigenvalue weighted by atomic mass is 16.7. The van der Waals surface area contributed by atoms with E-state index >= 15 is 0 Å². The van der Waals surface area contributed by atoms with Crippen LogP contribution in [0.4, 0.5) is 0 Å². The summed E-state index contributed by atoms with van der Waals surface area (Å²) in [6, 6.07) is 0. The molecule has 1 aliphatic rings. The van der Waals surface area contributed by atoms with Crippen molar-refractivity contribution >= 4 is 11.9 Å². The summed E-state index contributed by atoms with van der Waals surface area (Å²) in [5.74, 6) is -0.948. The highest BCUT2D eigenvalue weighted by molar-refractivity contribution is 5.70. The maximum atomic E-state index is 12.7. The normalized spacial score (nSPS) is 22.1. The first-order valence-corrected chi connectivity index (χ1v) is 19.7. The van der Waals surface area contributed by atoms with Gasteiger partial charge in [0, 0.05) is 12.8 Å². The van der Waals surface area contributed by atoms with Crippen molar-refractivity contribution in [3.05, 3.63) is 0 Å². The fraction of sp³-hybridized carbons (Fsp3) is 0.947. The smallest absolute Gasteiger partial charge is 0.306 e. The highest BCUT2D eigenvalue weighted by Gasteiger charge is 2.44. The molecule has 0 amide bonds.